The molecule has 0 aromatic carbocycles. The fourth-order valence-electron chi connectivity index (χ4n) is 2.26. The smallest absolute Gasteiger partial charge is 0.407 e. The third-order valence-corrected chi connectivity index (χ3v) is 4.32. The monoisotopic (exact) mass is 355 g/mol. The molecule has 2 aromatic heterocycles. The SMILES string of the molecule is O=C(O)N1CCOC(CNc2cc(Cl)nnc2-c2cncs2)C1. The molecule has 8 nitrogen and oxygen atoms in total. The van der Waals surface area contributed by atoms with Crippen LogP contribution in [0.3, 0.4) is 0 Å². The second-order valence-electron chi connectivity index (χ2n) is 4.90. The van der Waals surface area contributed by atoms with Gasteiger partial charge >= 0.3 is 6.09 Å². The van der Waals surface area contributed by atoms with Crippen LogP contribution in [0.15, 0.2) is 17.8 Å². The molecule has 0 saturated carbocycles. The van der Waals surface area contributed by atoms with Gasteiger partial charge in [0.2, 0.25) is 0 Å². The lowest BCUT2D eigenvalue weighted by Gasteiger charge is -2.31. The van der Waals surface area contributed by atoms with Crippen molar-refractivity contribution in [1.82, 2.24) is 20.1 Å². The molecule has 122 valence electrons. The molecule has 1 saturated heterocycles. The Morgan fingerprint density at radius 2 is 2.43 bits per heavy atom. The van der Waals surface area contributed by atoms with E-state index in [2.05, 4.69) is 20.5 Å². The van der Waals surface area contributed by atoms with Gasteiger partial charge in [-0.15, -0.1) is 21.5 Å². The Balaban J connectivity index is 1.70. The van der Waals surface area contributed by atoms with Crippen molar-refractivity contribution >= 4 is 34.7 Å². The predicted molar refractivity (Wildman–Crippen MR) is 86.0 cm³/mol. The number of hydrogen-bond acceptors (Lipinski definition) is 7. The van der Waals surface area contributed by atoms with Crippen LogP contribution >= 0.6 is 22.9 Å². The number of hydrogen-bond donors (Lipinski definition) is 2. The minimum absolute atomic E-state index is 0.235. The third kappa shape index (κ3) is 3.87. The summed E-state index contributed by atoms with van der Waals surface area (Å²) in [6, 6.07) is 1.68. The number of thiazole rings is 1. The Labute approximate surface area is 141 Å². The first kappa shape index (κ1) is 15.9. The molecule has 1 aliphatic rings. The summed E-state index contributed by atoms with van der Waals surface area (Å²) >= 11 is 7.37. The number of anilines is 1. The Kier molecular flexibility index (Phi) is 4.89. The summed E-state index contributed by atoms with van der Waals surface area (Å²) in [5.41, 5.74) is 3.08. The maximum atomic E-state index is 11.0. The number of carboxylic acid groups (broad SMARTS) is 1. The number of amides is 1. The number of ether oxygens (including phenoxy) is 1. The minimum Gasteiger partial charge on any atom is -0.465 e. The third-order valence-electron chi connectivity index (χ3n) is 3.36. The first-order valence-corrected chi connectivity index (χ1v) is 8.14. The zero-order chi connectivity index (χ0) is 16.2. The van der Waals surface area contributed by atoms with Gasteiger partial charge in [0, 0.05) is 25.4 Å². The van der Waals surface area contributed by atoms with Crippen LogP contribution in [-0.4, -0.2) is 63.6 Å². The highest BCUT2D eigenvalue weighted by Crippen LogP contribution is 2.29. The van der Waals surface area contributed by atoms with Gasteiger partial charge in [0.05, 0.1) is 35.3 Å². The van der Waals surface area contributed by atoms with E-state index in [1.165, 1.54) is 16.2 Å². The standard InChI is InChI=1S/C13H14ClN5O3S/c14-11-3-9(12(18-17-11)10-5-15-7-23-10)16-4-8-6-19(13(20)21)1-2-22-8/h3,5,7-8H,1-2,4,6H2,(H,16,17)(H,20,21). The number of rotatable bonds is 4. The topological polar surface area (TPSA) is 100 Å². The zero-order valence-corrected chi connectivity index (χ0v) is 13.5. The average molecular weight is 356 g/mol. The Bertz CT molecular complexity index is 684. The van der Waals surface area contributed by atoms with E-state index >= 15 is 0 Å². The largest absolute Gasteiger partial charge is 0.465 e. The molecule has 3 heterocycles. The second kappa shape index (κ2) is 7.07. The van der Waals surface area contributed by atoms with E-state index in [1.807, 2.05) is 0 Å². The van der Waals surface area contributed by atoms with Gasteiger partial charge in [-0.2, -0.15) is 0 Å². The van der Waals surface area contributed by atoms with Gasteiger partial charge in [-0.1, -0.05) is 11.6 Å². The van der Waals surface area contributed by atoms with Gasteiger partial charge in [-0.25, -0.2) is 4.79 Å². The summed E-state index contributed by atoms with van der Waals surface area (Å²) in [4.78, 5) is 17.3. The number of carbonyl (C=O) groups is 1. The molecule has 1 fully saturated rings. The molecule has 0 bridgehead atoms. The van der Waals surface area contributed by atoms with Crippen LogP contribution in [0.1, 0.15) is 0 Å². The second-order valence-corrected chi connectivity index (χ2v) is 6.17. The van der Waals surface area contributed by atoms with Crippen LogP contribution < -0.4 is 5.32 Å². The first-order valence-electron chi connectivity index (χ1n) is 6.89. The van der Waals surface area contributed by atoms with Crippen molar-refractivity contribution in [1.29, 1.82) is 0 Å². The molecule has 3 rings (SSSR count). The van der Waals surface area contributed by atoms with Gasteiger partial charge in [-0.3, -0.25) is 4.98 Å². The lowest BCUT2D eigenvalue weighted by Crippen LogP contribution is -2.47. The fourth-order valence-corrected chi connectivity index (χ4v) is 3.02. The molecule has 2 N–H and O–H groups in total. The van der Waals surface area contributed by atoms with Crippen molar-refractivity contribution in [2.75, 3.05) is 31.6 Å². The van der Waals surface area contributed by atoms with E-state index in [9.17, 15) is 4.79 Å². The Morgan fingerprint density at radius 3 is 3.17 bits per heavy atom. The van der Waals surface area contributed by atoms with E-state index in [0.717, 1.165) is 4.88 Å². The fraction of sp³-hybridized carbons (Fsp3) is 0.385. The summed E-state index contributed by atoms with van der Waals surface area (Å²) in [6.45, 7) is 1.54. The molecule has 0 aliphatic carbocycles. The lowest BCUT2D eigenvalue weighted by atomic mass is 10.2. The average Bonchev–Trinajstić information content (AvgIpc) is 3.07. The number of aromatic nitrogens is 3. The van der Waals surface area contributed by atoms with Crippen molar-refractivity contribution in [2.45, 2.75) is 6.10 Å². The lowest BCUT2D eigenvalue weighted by molar-refractivity contribution is -0.0147. The van der Waals surface area contributed by atoms with E-state index < -0.39 is 6.09 Å². The van der Waals surface area contributed by atoms with Gasteiger partial charge in [0.1, 0.15) is 5.69 Å². The van der Waals surface area contributed by atoms with Crippen molar-refractivity contribution in [3.63, 3.8) is 0 Å². The van der Waals surface area contributed by atoms with E-state index in [4.69, 9.17) is 21.4 Å². The highest BCUT2D eigenvalue weighted by Gasteiger charge is 2.24. The number of morpholine rings is 1. The Hall–Kier alpha value is -1.97. The van der Waals surface area contributed by atoms with Crippen molar-refractivity contribution in [2.24, 2.45) is 0 Å². The summed E-state index contributed by atoms with van der Waals surface area (Å²) in [5, 5.41) is 20.5. The molecule has 1 amide bonds. The summed E-state index contributed by atoms with van der Waals surface area (Å²) in [6.07, 6.45) is 0.537. The van der Waals surface area contributed by atoms with Crippen molar-refractivity contribution < 1.29 is 14.6 Å². The van der Waals surface area contributed by atoms with Gasteiger partial charge in [0.15, 0.2) is 5.15 Å². The van der Waals surface area contributed by atoms with E-state index in [-0.39, 0.29) is 11.3 Å². The molecule has 23 heavy (non-hydrogen) atoms. The highest BCUT2D eigenvalue weighted by molar-refractivity contribution is 7.13. The van der Waals surface area contributed by atoms with Crippen LogP contribution in [0.4, 0.5) is 10.5 Å². The maximum absolute atomic E-state index is 11.0. The van der Waals surface area contributed by atoms with Gasteiger partial charge in [-0.05, 0) is 0 Å². The normalized spacial score (nSPS) is 18.0. The predicted octanol–water partition coefficient (Wildman–Crippen LogP) is 2.04. The van der Waals surface area contributed by atoms with E-state index in [0.29, 0.717) is 37.6 Å². The van der Waals surface area contributed by atoms with Crippen molar-refractivity contribution in [3.05, 3.63) is 22.9 Å². The van der Waals surface area contributed by atoms with Crippen LogP contribution in [0.2, 0.25) is 5.15 Å². The molecule has 2 aromatic rings. The molecular weight excluding hydrogens is 342 g/mol. The maximum Gasteiger partial charge on any atom is 0.407 e. The molecule has 0 spiro atoms. The summed E-state index contributed by atoms with van der Waals surface area (Å²) in [7, 11) is 0. The molecule has 10 heteroatoms. The van der Waals surface area contributed by atoms with Crippen LogP contribution in [-0.2, 0) is 4.74 Å². The molecule has 0 radical (unpaired) electrons. The van der Waals surface area contributed by atoms with Crippen LogP contribution in [0.5, 0.6) is 0 Å². The molecule has 1 unspecified atom stereocenters. The number of nitrogens with zero attached hydrogens (tertiary/aromatic N) is 4. The van der Waals surface area contributed by atoms with Gasteiger partial charge < -0.3 is 20.1 Å². The van der Waals surface area contributed by atoms with Crippen LogP contribution in [0, 0.1) is 0 Å². The summed E-state index contributed by atoms with van der Waals surface area (Å²) < 4.78 is 5.59. The zero-order valence-electron chi connectivity index (χ0n) is 12.0. The van der Waals surface area contributed by atoms with Crippen LogP contribution in [0.25, 0.3) is 10.6 Å². The Morgan fingerprint density at radius 1 is 1.57 bits per heavy atom. The van der Waals surface area contributed by atoms with Gasteiger partial charge in [0.25, 0.3) is 0 Å². The number of halogens is 1. The van der Waals surface area contributed by atoms with Crippen molar-refractivity contribution in [3.8, 4) is 10.6 Å². The first-order chi connectivity index (χ1) is 11.1. The minimum atomic E-state index is -0.933. The van der Waals surface area contributed by atoms with E-state index in [1.54, 1.807) is 17.8 Å². The quantitative estimate of drug-likeness (QED) is 0.865. The highest BCUT2D eigenvalue weighted by atomic mass is 35.5. The molecular formula is C13H14ClN5O3S. The summed E-state index contributed by atoms with van der Waals surface area (Å²) in [5.74, 6) is 0. The number of nitrogens with one attached hydrogen (secondary N) is 1. The molecule has 1 aliphatic heterocycles. The molecule has 1 atom stereocenters.